The van der Waals surface area contributed by atoms with Gasteiger partial charge in [0.25, 0.3) is 5.91 Å². The fourth-order valence-electron chi connectivity index (χ4n) is 2.77. The molecule has 172 valence electrons. The number of carbonyl (C=O) groups excluding carboxylic acids is 2. The van der Waals surface area contributed by atoms with Crippen LogP contribution in [0.5, 0.6) is 5.75 Å². The van der Waals surface area contributed by atoms with Crippen molar-refractivity contribution in [1.29, 1.82) is 5.26 Å². The third kappa shape index (κ3) is 6.64. The van der Waals surface area contributed by atoms with Crippen LogP contribution >= 0.6 is 11.6 Å². The molecule has 0 aliphatic carbocycles. The monoisotopic (exact) mass is 478 g/mol. The van der Waals surface area contributed by atoms with E-state index in [1.54, 1.807) is 48.5 Å². The van der Waals surface area contributed by atoms with Crippen molar-refractivity contribution in [3.63, 3.8) is 0 Å². The average molecular weight is 479 g/mol. The van der Waals surface area contributed by atoms with Crippen LogP contribution in [0.15, 0.2) is 71.8 Å². The predicted molar refractivity (Wildman–Crippen MR) is 127 cm³/mol. The molecule has 0 radical (unpaired) electrons. The van der Waals surface area contributed by atoms with Crippen molar-refractivity contribution in [3.05, 3.63) is 94.3 Å². The van der Waals surface area contributed by atoms with Gasteiger partial charge in [0.1, 0.15) is 24.1 Å². The summed E-state index contributed by atoms with van der Waals surface area (Å²) in [5.74, 6) is -2.60. The molecular weight excluding hydrogens is 459 g/mol. The number of nitriles is 1. The Morgan fingerprint density at radius 2 is 1.88 bits per heavy atom. The van der Waals surface area contributed by atoms with Crippen molar-refractivity contribution in [2.24, 2.45) is 11.0 Å². The lowest BCUT2D eigenvalue weighted by molar-refractivity contribution is -0.131. The molecule has 3 aromatic rings. The standard InChI is InChI=1S/C25H20ClFN4O3/c1-16(24(32)30-22-5-3-2-4-21(22)27)25(33)31-29-14-19-12-20(26)10-11-23(19)34-15-18-8-6-17(13-28)7-9-18/h2-12,14,16H,15H2,1H3,(H,30,32)(H,31,33). The highest BCUT2D eigenvalue weighted by Crippen LogP contribution is 2.22. The minimum atomic E-state index is -1.12. The van der Waals surface area contributed by atoms with E-state index in [2.05, 4.69) is 21.9 Å². The molecule has 0 saturated carbocycles. The van der Waals surface area contributed by atoms with Crippen molar-refractivity contribution in [1.82, 2.24) is 5.43 Å². The maximum atomic E-state index is 13.7. The zero-order valence-corrected chi connectivity index (χ0v) is 18.8. The Kier molecular flexibility index (Phi) is 8.32. The lowest BCUT2D eigenvalue weighted by Crippen LogP contribution is -2.34. The highest BCUT2D eigenvalue weighted by atomic mass is 35.5. The second-order valence-electron chi connectivity index (χ2n) is 7.20. The van der Waals surface area contributed by atoms with Crippen LogP contribution in [-0.4, -0.2) is 18.0 Å². The van der Waals surface area contributed by atoms with Crippen molar-refractivity contribution >= 4 is 35.3 Å². The van der Waals surface area contributed by atoms with Gasteiger partial charge in [-0.1, -0.05) is 35.9 Å². The zero-order chi connectivity index (χ0) is 24.5. The van der Waals surface area contributed by atoms with E-state index in [0.717, 1.165) is 5.56 Å². The lowest BCUT2D eigenvalue weighted by atomic mass is 10.1. The topological polar surface area (TPSA) is 104 Å². The first kappa shape index (κ1) is 24.4. The van der Waals surface area contributed by atoms with Crippen LogP contribution in [0.3, 0.4) is 0 Å². The highest BCUT2D eigenvalue weighted by molar-refractivity contribution is 6.30. The molecule has 7 nitrogen and oxygen atoms in total. The maximum absolute atomic E-state index is 13.7. The fraction of sp³-hybridized carbons (Fsp3) is 0.120. The molecule has 0 aromatic heterocycles. The molecule has 0 fully saturated rings. The number of anilines is 1. The van der Waals surface area contributed by atoms with Gasteiger partial charge in [0.2, 0.25) is 5.91 Å². The van der Waals surface area contributed by atoms with Crippen LogP contribution in [0.4, 0.5) is 10.1 Å². The summed E-state index contributed by atoms with van der Waals surface area (Å²) in [6.07, 6.45) is 1.35. The second kappa shape index (κ2) is 11.6. The van der Waals surface area contributed by atoms with E-state index in [4.69, 9.17) is 21.6 Å². The molecule has 0 aliphatic heterocycles. The molecule has 0 heterocycles. The van der Waals surface area contributed by atoms with Gasteiger partial charge in [-0.25, -0.2) is 9.82 Å². The Bertz CT molecular complexity index is 1260. The molecule has 34 heavy (non-hydrogen) atoms. The lowest BCUT2D eigenvalue weighted by Gasteiger charge is -2.12. The summed E-state index contributed by atoms with van der Waals surface area (Å²) in [5.41, 5.74) is 4.19. The van der Waals surface area contributed by atoms with Gasteiger partial charge < -0.3 is 10.1 Å². The van der Waals surface area contributed by atoms with Crippen molar-refractivity contribution in [3.8, 4) is 11.8 Å². The number of nitrogens with zero attached hydrogens (tertiary/aromatic N) is 2. The number of hydrazone groups is 1. The normalized spacial score (nSPS) is 11.5. The van der Waals surface area contributed by atoms with Gasteiger partial charge in [-0.05, 0) is 55.0 Å². The van der Waals surface area contributed by atoms with E-state index in [1.807, 2.05) is 0 Å². The van der Waals surface area contributed by atoms with E-state index in [0.29, 0.717) is 21.9 Å². The van der Waals surface area contributed by atoms with E-state index in [9.17, 15) is 14.0 Å². The summed E-state index contributed by atoms with van der Waals surface area (Å²) >= 11 is 6.07. The van der Waals surface area contributed by atoms with Crippen molar-refractivity contribution in [2.75, 3.05) is 5.32 Å². The molecule has 2 amide bonds. The minimum Gasteiger partial charge on any atom is -0.488 e. The number of nitrogens with one attached hydrogen (secondary N) is 2. The van der Waals surface area contributed by atoms with E-state index in [-0.39, 0.29) is 12.3 Å². The SMILES string of the molecule is CC(C(=O)NN=Cc1cc(Cl)ccc1OCc1ccc(C#N)cc1)C(=O)Nc1ccccc1F. The Morgan fingerprint density at radius 3 is 2.59 bits per heavy atom. The first-order valence-electron chi connectivity index (χ1n) is 10.2. The number of carbonyl (C=O) groups is 2. The van der Waals surface area contributed by atoms with E-state index >= 15 is 0 Å². The molecule has 2 N–H and O–H groups in total. The number of hydrogen-bond donors (Lipinski definition) is 2. The van der Waals surface area contributed by atoms with Gasteiger partial charge in [0.05, 0.1) is 23.5 Å². The van der Waals surface area contributed by atoms with Gasteiger partial charge in [0, 0.05) is 10.6 Å². The molecule has 0 saturated heterocycles. The number of halogens is 2. The Labute approximate surface area is 200 Å². The summed E-state index contributed by atoms with van der Waals surface area (Å²) in [7, 11) is 0. The van der Waals surface area contributed by atoms with Gasteiger partial charge in [-0.3, -0.25) is 9.59 Å². The maximum Gasteiger partial charge on any atom is 0.252 e. The minimum absolute atomic E-state index is 0.0152. The number of amides is 2. The van der Waals surface area contributed by atoms with Crippen LogP contribution in [0.2, 0.25) is 5.02 Å². The van der Waals surface area contributed by atoms with Gasteiger partial charge in [-0.15, -0.1) is 0 Å². The highest BCUT2D eigenvalue weighted by Gasteiger charge is 2.22. The van der Waals surface area contributed by atoms with Gasteiger partial charge in [-0.2, -0.15) is 10.4 Å². The van der Waals surface area contributed by atoms with Crippen LogP contribution in [0.25, 0.3) is 0 Å². The Balaban J connectivity index is 1.61. The molecule has 0 bridgehead atoms. The second-order valence-corrected chi connectivity index (χ2v) is 7.64. The number of rotatable bonds is 8. The third-order valence-corrected chi connectivity index (χ3v) is 4.98. The van der Waals surface area contributed by atoms with Crippen LogP contribution in [0, 0.1) is 23.1 Å². The summed E-state index contributed by atoms with van der Waals surface area (Å²) in [5, 5.41) is 15.6. The number of hydrogen-bond acceptors (Lipinski definition) is 5. The molecule has 1 atom stereocenters. The van der Waals surface area contributed by atoms with Crippen LogP contribution in [-0.2, 0) is 16.2 Å². The number of para-hydroxylation sites is 1. The molecule has 3 aromatic carbocycles. The first-order chi connectivity index (χ1) is 16.4. The molecule has 0 spiro atoms. The van der Waals surface area contributed by atoms with Gasteiger partial charge >= 0.3 is 0 Å². The number of benzene rings is 3. The molecular formula is C25H20ClFN4O3. The van der Waals surface area contributed by atoms with Gasteiger partial charge in [0.15, 0.2) is 0 Å². The predicted octanol–water partition coefficient (Wildman–Crippen LogP) is 4.65. The van der Waals surface area contributed by atoms with Crippen LogP contribution in [0.1, 0.15) is 23.6 Å². The van der Waals surface area contributed by atoms with E-state index < -0.39 is 23.5 Å². The molecule has 3 rings (SSSR count). The zero-order valence-electron chi connectivity index (χ0n) is 18.1. The largest absolute Gasteiger partial charge is 0.488 e. The third-order valence-electron chi connectivity index (χ3n) is 4.75. The molecule has 1 unspecified atom stereocenters. The van der Waals surface area contributed by atoms with Crippen molar-refractivity contribution in [2.45, 2.75) is 13.5 Å². The molecule has 9 heteroatoms. The summed E-state index contributed by atoms with van der Waals surface area (Å²) in [6, 6.07) is 19.6. The van der Waals surface area contributed by atoms with Crippen LogP contribution < -0.4 is 15.5 Å². The smallest absolute Gasteiger partial charge is 0.252 e. The molecule has 0 aliphatic rings. The summed E-state index contributed by atoms with van der Waals surface area (Å²) in [4.78, 5) is 24.6. The van der Waals surface area contributed by atoms with Crippen molar-refractivity contribution < 1.29 is 18.7 Å². The first-order valence-corrected chi connectivity index (χ1v) is 10.5. The Morgan fingerprint density at radius 1 is 1.15 bits per heavy atom. The fourth-order valence-corrected chi connectivity index (χ4v) is 2.95. The van der Waals surface area contributed by atoms with E-state index in [1.165, 1.54) is 31.3 Å². The number of ether oxygens (including phenoxy) is 1. The summed E-state index contributed by atoms with van der Waals surface area (Å²) in [6.45, 7) is 1.63. The quantitative estimate of drug-likeness (QED) is 0.279. The Hall–Kier alpha value is -4.22. The summed E-state index contributed by atoms with van der Waals surface area (Å²) < 4.78 is 19.5. The average Bonchev–Trinajstić information content (AvgIpc) is 2.84.